The molecule has 0 aliphatic heterocycles. The molecule has 0 spiro atoms. The van der Waals surface area contributed by atoms with Crippen molar-refractivity contribution < 1.29 is 9.90 Å². The molecule has 19 heavy (non-hydrogen) atoms. The molecule has 0 aliphatic carbocycles. The number of rotatable bonds is 5. The van der Waals surface area contributed by atoms with Gasteiger partial charge in [-0.2, -0.15) is 11.3 Å². The third kappa shape index (κ3) is 3.89. The zero-order valence-corrected chi connectivity index (χ0v) is 11.2. The predicted molar refractivity (Wildman–Crippen MR) is 75.1 cm³/mol. The Bertz CT molecular complexity index is 564. The topological polar surface area (TPSA) is 66.3 Å². The summed E-state index contributed by atoms with van der Waals surface area (Å²) in [6.07, 6.45) is 5.73. The summed E-state index contributed by atoms with van der Waals surface area (Å²) in [5.74, 6) is -0.377. The lowest BCUT2D eigenvalue weighted by Gasteiger charge is -2.15. The first-order valence-corrected chi connectivity index (χ1v) is 6.54. The van der Waals surface area contributed by atoms with Crippen LogP contribution in [0.5, 0.6) is 0 Å². The van der Waals surface area contributed by atoms with Crippen molar-refractivity contribution in [3.63, 3.8) is 0 Å². The Labute approximate surface area is 114 Å². The number of aliphatic carboxylic acids is 1. The van der Waals surface area contributed by atoms with Gasteiger partial charge in [0.25, 0.3) is 0 Å². The zero-order chi connectivity index (χ0) is 13.7. The van der Waals surface area contributed by atoms with Gasteiger partial charge < -0.3 is 10.0 Å². The molecule has 0 atom stereocenters. The maximum atomic E-state index is 10.4. The van der Waals surface area contributed by atoms with Crippen molar-refractivity contribution in [2.45, 2.75) is 6.54 Å². The molecule has 0 aromatic carbocycles. The molecular formula is C13H13N3O2S. The van der Waals surface area contributed by atoms with Crippen LogP contribution in [0.4, 0.5) is 5.95 Å². The van der Waals surface area contributed by atoms with Gasteiger partial charge in [-0.15, -0.1) is 0 Å². The molecule has 0 amide bonds. The number of carbonyl (C=O) groups is 1. The first-order chi connectivity index (χ1) is 9.15. The van der Waals surface area contributed by atoms with Crippen molar-refractivity contribution in [3.8, 4) is 0 Å². The van der Waals surface area contributed by atoms with E-state index in [1.54, 1.807) is 23.7 Å². The minimum Gasteiger partial charge on any atom is -0.478 e. The lowest BCUT2D eigenvalue weighted by atomic mass is 10.3. The van der Waals surface area contributed by atoms with Crippen LogP contribution in [-0.4, -0.2) is 28.1 Å². The van der Waals surface area contributed by atoms with Gasteiger partial charge in [-0.1, -0.05) is 0 Å². The second kappa shape index (κ2) is 6.10. The smallest absolute Gasteiger partial charge is 0.328 e. The molecule has 2 heterocycles. The van der Waals surface area contributed by atoms with Crippen LogP contribution in [0.25, 0.3) is 6.08 Å². The van der Waals surface area contributed by atoms with Gasteiger partial charge in [0.2, 0.25) is 5.95 Å². The summed E-state index contributed by atoms with van der Waals surface area (Å²) in [7, 11) is 1.92. The molecule has 0 saturated carbocycles. The summed E-state index contributed by atoms with van der Waals surface area (Å²) in [5.41, 5.74) is 1.88. The Morgan fingerprint density at radius 1 is 1.47 bits per heavy atom. The van der Waals surface area contributed by atoms with E-state index in [1.165, 1.54) is 11.6 Å². The molecular weight excluding hydrogens is 262 g/mol. The SMILES string of the molecule is CN(Cc1ccsc1)c1ncc(/C=C/C(=O)O)cn1. The molecule has 0 saturated heterocycles. The first-order valence-electron chi connectivity index (χ1n) is 5.60. The Morgan fingerprint density at radius 2 is 2.21 bits per heavy atom. The average molecular weight is 275 g/mol. The summed E-state index contributed by atoms with van der Waals surface area (Å²) < 4.78 is 0. The average Bonchev–Trinajstić information content (AvgIpc) is 2.89. The summed E-state index contributed by atoms with van der Waals surface area (Å²) in [6, 6.07) is 2.06. The third-order valence-electron chi connectivity index (χ3n) is 2.42. The first kappa shape index (κ1) is 13.2. The largest absolute Gasteiger partial charge is 0.478 e. The number of anilines is 1. The van der Waals surface area contributed by atoms with Gasteiger partial charge >= 0.3 is 5.97 Å². The maximum absolute atomic E-state index is 10.4. The second-order valence-corrected chi connectivity index (χ2v) is 4.76. The van der Waals surface area contributed by atoms with E-state index in [4.69, 9.17) is 5.11 Å². The number of hydrogen-bond acceptors (Lipinski definition) is 5. The fourth-order valence-corrected chi connectivity index (χ4v) is 2.17. The van der Waals surface area contributed by atoms with Crippen LogP contribution in [0, 0.1) is 0 Å². The highest BCUT2D eigenvalue weighted by molar-refractivity contribution is 7.07. The van der Waals surface area contributed by atoms with Gasteiger partial charge in [0.1, 0.15) is 0 Å². The Balaban J connectivity index is 2.03. The van der Waals surface area contributed by atoms with E-state index in [2.05, 4.69) is 21.4 Å². The van der Waals surface area contributed by atoms with Crippen LogP contribution in [0.3, 0.4) is 0 Å². The third-order valence-corrected chi connectivity index (χ3v) is 3.15. The van der Waals surface area contributed by atoms with Crippen LogP contribution in [0.1, 0.15) is 11.1 Å². The van der Waals surface area contributed by atoms with Crippen molar-refractivity contribution in [2.24, 2.45) is 0 Å². The fraction of sp³-hybridized carbons (Fsp3) is 0.154. The lowest BCUT2D eigenvalue weighted by Crippen LogP contribution is -2.18. The molecule has 0 fully saturated rings. The molecule has 2 rings (SSSR count). The second-order valence-electron chi connectivity index (χ2n) is 3.98. The van der Waals surface area contributed by atoms with Gasteiger partial charge in [-0.25, -0.2) is 14.8 Å². The van der Waals surface area contributed by atoms with Gasteiger partial charge in [-0.3, -0.25) is 0 Å². The minimum absolute atomic E-state index is 0.610. The van der Waals surface area contributed by atoms with Crippen LogP contribution in [0.2, 0.25) is 0 Å². The van der Waals surface area contributed by atoms with Crippen molar-refractivity contribution >= 4 is 29.3 Å². The monoisotopic (exact) mass is 275 g/mol. The van der Waals surface area contributed by atoms with Gasteiger partial charge in [-0.05, 0) is 28.5 Å². The lowest BCUT2D eigenvalue weighted by molar-refractivity contribution is -0.131. The molecule has 0 bridgehead atoms. The highest BCUT2D eigenvalue weighted by Crippen LogP contribution is 2.12. The van der Waals surface area contributed by atoms with Crippen molar-refractivity contribution in [2.75, 3.05) is 11.9 Å². The summed E-state index contributed by atoms with van der Waals surface area (Å²) in [5, 5.41) is 12.6. The van der Waals surface area contributed by atoms with E-state index >= 15 is 0 Å². The molecule has 1 N–H and O–H groups in total. The van der Waals surface area contributed by atoms with E-state index in [1.807, 2.05) is 17.3 Å². The molecule has 0 radical (unpaired) electrons. The molecule has 2 aromatic heterocycles. The molecule has 2 aromatic rings. The molecule has 5 nitrogen and oxygen atoms in total. The number of hydrogen-bond donors (Lipinski definition) is 1. The van der Waals surface area contributed by atoms with Crippen LogP contribution < -0.4 is 4.90 Å². The van der Waals surface area contributed by atoms with Gasteiger partial charge in [0.05, 0.1) is 0 Å². The number of thiophene rings is 1. The van der Waals surface area contributed by atoms with Gasteiger partial charge in [0, 0.05) is 37.6 Å². The van der Waals surface area contributed by atoms with Crippen LogP contribution in [0.15, 0.2) is 35.3 Å². The Hall–Kier alpha value is -2.21. The van der Waals surface area contributed by atoms with E-state index in [0.717, 1.165) is 12.6 Å². The summed E-state index contributed by atoms with van der Waals surface area (Å²) >= 11 is 1.66. The standard InChI is InChI=1S/C13H13N3O2S/c1-16(8-11-4-5-19-9-11)13-14-6-10(7-15-13)2-3-12(17)18/h2-7,9H,8H2,1H3,(H,17,18)/b3-2+. The molecule has 0 unspecified atom stereocenters. The summed E-state index contributed by atoms with van der Waals surface area (Å²) in [4.78, 5) is 20.8. The van der Waals surface area contributed by atoms with Crippen molar-refractivity contribution in [3.05, 3.63) is 46.4 Å². The van der Waals surface area contributed by atoms with Crippen molar-refractivity contribution in [1.29, 1.82) is 0 Å². The number of aromatic nitrogens is 2. The van der Waals surface area contributed by atoms with E-state index in [-0.39, 0.29) is 0 Å². The maximum Gasteiger partial charge on any atom is 0.328 e. The highest BCUT2D eigenvalue weighted by atomic mass is 32.1. The molecule has 0 aliphatic rings. The van der Waals surface area contributed by atoms with Gasteiger partial charge in [0.15, 0.2) is 0 Å². The Kier molecular flexibility index (Phi) is 4.25. The van der Waals surface area contributed by atoms with Crippen LogP contribution in [-0.2, 0) is 11.3 Å². The predicted octanol–water partition coefficient (Wildman–Crippen LogP) is 2.27. The number of carboxylic acids is 1. The zero-order valence-electron chi connectivity index (χ0n) is 10.4. The highest BCUT2D eigenvalue weighted by Gasteiger charge is 2.05. The van der Waals surface area contributed by atoms with Crippen LogP contribution >= 0.6 is 11.3 Å². The van der Waals surface area contributed by atoms with E-state index < -0.39 is 5.97 Å². The van der Waals surface area contributed by atoms with E-state index in [9.17, 15) is 4.79 Å². The quantitative estimate of drug-likeness (QED) is 0.848. The van der Waals surface area contributed by atoms with E-state index in [0.29, 0.717) is 11.5 Å². The normalized spacial score (nSPS) is 10.8. The Morgan fingerprint density at radius 3 is 2.79 bits per heavy atom. The number of carboxylic acid groups (broad SMARTS) is 1. The molecule has 6 heteroatoms. The number of nitrogens with zero attached hydrogens (tertiary/aromatic N) is 3. The fourth-order valence-electron chi connectivity index (χ4n) is 1.51. The van der Waals surface area contributed by atoms with Crippen molar-refractivity contribution in [1.82, 2.24) is 9.97 Å². The summed E-state index contributed by atoms with van der Waals surface area (Å²) in [6.45, 7) is 0.744. The molecule has 98 valence electrons. The minimum atomic E-state index is -0.987.